The standard InChI is InChI=1S/C14H20N4O5/c1-23-13(21)5-4-12(20)17-6-8-18(9-7-17)14(22)10-2-3-11(19)16-15-10/h2-9H2,1H3,(H,16,19). The molecule has 0 aliphatic carbocycles. The van der Waals surface area contributed by atoms with Gasteiger partial charge in [0.05, 0.1) is 13.5 Å². The molecule has 0 aromatic carbocycles. The normalized spacial score (nSPS) is 18.1. The van der Waals surface area contributed by atoms with Gasteiger partial charge < -0.3 is 14.5 Å². The smallest absolute Gasteiger partial charge is 0.306 e. The molecular weight excluding hydrogens is 304 g/mol. The zero-order valence-corrected chi connectivity index (χ0v) is 13.0. The van der Waals surface area contributed by atoms with Crippen LogP contribution in [0.2, 0.25) is 0 Å². The first kappa shape index (κ1) is 16.9. The van der Waals surface area contributed by atoms with Crippen LogP contribution in [-0.4, -0.2) is 72.5 Å². The number of methoxy groups -OCH3 is 1. The van der Waals surface area contributed by atoms with E-state index in [1.165, 1.54) is 7.11 Å². The Kier molecular flexibility index (Phi) is 5.67. The highest BCUT2D eigenvalue weighted by Crippen LogP contribution is 2.09. The SMILES string of the molecule is COC(=O)CCC(=O)N1CCN(C(=O)C2=NNC(=O)CC2)CC1. The second-order valence-electron chi connectivity index (χ2n) is 5.34. The molecule has 0 unspecified atom stereocenters. The molecule has 0 spiro atoms. The Morgan fingerprint density at radius 1 is 1.09 bits per heavy atom. The molecule has 9 nitrogen and oxygen atoms in total. The van der Waals surface area contributed by atoms with Crippen LogP contribution in [0.5, 0.6) is 0 Å². The molecule has 2 aliphatic heterocycles. The average Bonchev–Trinajstić information content (AvgIpc) is 2.59. The van der Waals surface area contributed by atoms with E-state index in [-0.39, 0.29) is 37.0 Å². The molecule has 3 amide bonds. The molecule has 0 saturated carbocycles. The van der Waals surface area contributed by atoms with Crippen LogP contribution in [0.3, 0.4) is 0 Å². The molecule has 1 saturated heterocycles. The summed E-state index contributed by atoms with van der Waals surface area (Å²) in [6.45, 7) is 1.67. The van der Waals surface area contributed by atoms with Gasteiger partial charge in [-0.25, -0.2) is 5.43 Å². The molecule has 126 valence electrons. The van der Waals surface area contributed by atoms with Crippen LogP contribution >= 0.6 is 0 Å². The van der Waals surface area contributed by atoms with Crippen molar-refractivity contribution in [1.82, 2.24) is 15.2 Å². The van der Waals surface area contributed by atoms with Crippen LogP contribution in [0, 0.1) is 0 Å². The fourth-order valence-corrected chi connectivity index (χ4v) is 2.44. The van der Waals surface area contributed by atoms with Crippen molar-refractivity contribution in [2.24, 2.45) is 5.10 Å². The summed E-state index contributed by atoms with van der Waals surface area (Å²) in [6.07, 6.45) is 0.768. The number of hydrazone groups is 1. The number of ether oxygens (including phenoxy) is 1. The summed E-state index contributed by atoms with van der Waals surface area (Å²) in [7, 11) is 1.29. The molecule has 0 bridgehead atoms. The number of carbonyl (C=O) groups excluding carboxylic acids is 4. The third-order valence-electron chi connectivity index (χ3n) is 3.84. The van der Waals surface area contributed by atoms with Gasteiger partial charge in [0.25, 0.3) is 5.91 Å². The Labute approximate surface area is 133 Å². The predicted molar refractivity (Wildman–Crippen MR) is 79.2 cm³/mol. The zero-order valence-electron chi connectivity index (χ0n) is 13.0. The molecule has 2 heterocycles. The fraction of sp³-hybridized carbons (Fsp3) is 0.643. The number of hydrogen-bond acceptors (Lipinski definition) is 6. The van der Waals surface area contributed by atoms with E-state index >= 15 is 0 Å². The number of nitrogens with zero attached hydrogens (tertiary/aromatic N) is 3. The van der Waals surface area contributed by atoms with Crippen LogP contribution in [0.4, 0.5) is 0 Å². The lowest BCUT2D eigenvalue weighted by Crippen LogP contribution is -2.52. The van der Waals surface area contributed by atoms with Gasteiger partial charge in [0, 0.05) is 45.4 Å². The van der Waals surface area contributed by atoms with Crippen LogP contribution < -0.4 is 5.43 Å². The molecule has 0 atom stereocenters. The minimum atomic E-state index is -0.412. The first-order chi connectivity index (χ1) is 11.0. The Morgan fingerprint density at radius 2 is 1.74 bits per heavy atom. The second kappa shape index (κ2) is 7.70. The van der Waals surface area contributed by atoms with Gasteiger partial charge in [0.2, 0.25) is 11.8 Å². The molecule has 0 radical (unpaired) electrons. The summed E-state index contributed by atoms with van der Waals surface area (Å²) in [4.78, 5) is 49.6. The average molecular weight is 324 g/mol. The van der Waals surface area contributed by atoms with E-state index in [9.17, 15) is 19.2 Å². The number of amides is 3. The van der Waals surface area contributed by atoms with Crippen molar-refractivity contribution >= 4 is 29.4 Å². The lowest BCUT2D eigenvalue weighted by atomic mass is 10.1. The van der Waals surface area contributed by atoms with E-state index in [4.69, 9.17) is 0 Å². The van der Waals surface area contributed by atoms with E-state index in [1.54, 1.807) is 9.80 Å². The highest BCUT2D eigenvalue weighted by atomic mass is 16.5. The molecule has 0 aromatic heterocycles. The van der Waals surface area contributed by atoms with Crippen molar-refractivity contribution in [3.63, 3.8) is 0 Å². The minimum absolute atomic E-state index is 0.0605. The van der Waals surface area contributed by atoms with E-state index < -0.39 is 5.97 Å². The fourth-order valence-electron chi connectivity index (χ4n) is 2.44. The van der Waals surface area contributed by atoms with E-state index in [2.05, 4.69) is 15.3 Å². The van der Waals surface area contributed by atoms with Gasteiger partial charge in [-0.05, 0) is 0 Å². The van der Waals surface area contributed by atoms with Crippen LogP contribution in [0.15, 0.2) is 5.10 Å². The molecule has 23 heavy (non-hydrogen) atoms. The van der Waals surface area contributed by atoms with Crippen LogP contribution in [-0.2, 0) is 23.9 Å². The summed E-state index contributed by atoms with van der Waals surface area (Å²) in [5.41, 5.74) is 2.65. The zero-order chi connectivity index (χ0) is 16.8. The Balaban J connectivity index is 1.79. The number of nitrogens with one attached hydrogen (secondary N) is 1. The maximum Gasteiger partial charge on any atom is 0.306 e. The summed E-state index contributed by atoms with van der Waals surface area (Å²) in [6, 6.07) is 0. The molecular formula is C14H20N4O5. The first-order valence-electron chi connectivity index (χ1n) is 7.50. The molecule has 0 aromatic rings. The lowest BCUT2D eigenvalue weighted by Gasteiger charge is -2.35. The van der Waals surface area contributed by atoms with Gasteiger partial charge in [-0.2, -0.15) is 5.10 Å². The second-order valence-corrected chi connectivity index (χ2v) is 5.34. The van der Waals surface area contributed by atoms with Gasteiger partial charge in [0.15, 0.2) is 0 Å². The molecule has 1 fully saturated rings. The molecule has 1 N–H and O–H groups in total. The third kappa shape index (κ3) is 4.51. The Morgan fingerprint density at radius 3 is 2.30 bits per heavy atom. The minimum Gasteiger partial charge on any atom is -0.469 e. The predicted octanol–water partition coefficient (Wildman–Crippen LogP) is -1.12. The van der Waals surface area contributed by atoms with Crippen LogP contribution in [0.25, 0.3) is 0 Å². The highest BCUT2D eigenvalue weighted by molar-refractivity contribution is 6.39. The van der Waals surface area contributed by atoms with Crippen molar-refractivity contribution in [2.75, 3.05) is 33.3 Å². The molecule has 2 aliphatic rings. The quantitative estimate of drug-likeness (QED) is 0.659. The van der Waals surface area contributed by atoms with Crippen LogP contribution in [0.1, 0.15) is 25.7 Å². The topological polar surface area (TPSA) is 108 Å². The maximum absolute atomic E-state index is 12.3. The van der Waals surface area contributed by atoms with Gasteiger partial charge in [-0.15, -0.1) is 0 Å². The van der Waals surface area contributed by atoms with Gasteiger partial charge in [-0.1, -0.05) is 0 Å². The van der Waals surface area contributed by atoms with Crippen molar-refractivity contribution in [2.45, 2.75) is 25.7 Å². The largest absolute Gasteiger partial charge is 0.469 e. The monoisotopic (exact) mass is 324 g/mol. The molecule has 9 heteroatoms. The van der Waals surface area contributed by atoms with E-state index in [1.807, 2.05) is 0 Å². The Bertz CT molecular complexity index is 537. The number of piperazine rings is 1. The first-order valence-corrected chi connectivity index (χ1v) is 7.50. The van der Waals surface area contributed by atoms with Gasteiger partial charge in [-0.3, -0.25) is 19.2 Å². The van der Waals surface area contributed by atoms with Crippen molar-refractivity contribution < 1.29 is 23.9 Å². The van der Waals surface area contributed by atoms with Gasteiger partial charge >= 0.3 is 5.97 Å². The van der Waals surface area contributed by atoms with Crippen molar-refractivity contribution in [3.8, 4) is 0 Å². The Hall–Kier alpha value is -2.45. The highest BCUT2D eigenvalue weighted by Gasteiger charge is 2.28. The summed E-state index contributed by atoms with van der Waals surface area (Å²) in [5, 5.41) is 3.79. The van der Waals surface area contributed by atoms with Crippen molar-refractivity contribution in [1.29, 1.82) is 0 Å². The van der Waals surface area contributed by atoms with E-state index in [0.29, 0.717) is 38.3 Å². The maximum atomic E-state index is 12.3. The number of esters is 1. The number of carbonyl (C=O) groups is 4. The van der Waals surface area contributed by atoms with Gasteiger partial charge in [0.1, 0.15) is 5.71 Å². The number of hydrogen-bond donors (Lipinski definition) is 1. The summed E-state index contributed by atoms with van der Waals surface area (Å²) < 4.78 is 4.51. The summed E-state index contributed by atoms with van der Waals surface area (Å²) in [5.74, 6) is -0.927. The lowest BCUT2D eigenvalue weighted by molar-refractivity contribution is -0.144. The van der Waals surface area contributed by atoms with Crippen molar-refractivity contribution in [3.05, 3.63) is 0 Å². The molecule has 2 rings (SSSR count). The van der Waals surface area contributed by atoms with E-state index in [0.717, 1.165) is 0 Å². The summed E-state index contributed by atoms with van der Waals surface area (Å²) >= 11 is 0. The third-order valence-corrected chi connectivity index (χ3v) is 3.84. The number of rotatable bonds is 4.